The Kier molecular flexibility index (Phi) is 3.46. The van der Waals surface area contributed by atoms with E-state index in [1.54, 1.807) is 0 Å². The van der Waals surface area contributed by atoms with Gasteiger partial charge < -0.3 is 9.73 Å². The maximum atomic E-state index is 11.9. The second-order valence-electron chi connectivity index (χ2n) is 3.71. The van der Waals surface area contributed by atoms with E-state index in [4.69, 9.17) is 10.8 Å². The highest BCUT2D eigenvalue weighted by Crippen LogP contribution is 2.20. The van der Waals surface area contributed by atoms with E-state index in [0.29, 0.717) is 18.5 Å². The zero-order valence-corrected chi connectivity index (χ0v) is 9.40. The molecule has 1 aromatic heterocycles. The second-order valence-corrected chi connectivity index (χ2v) is 3.71. The summed E-state index contributed by atoms with van der Waals surface area (Å²) in [6.45, 7) is 0.586. The van der Waals surface area contributed by atoms with E-state index >= 15 is 0 Å². The number of hydrogen-bond donors (Lipinski definition) is 1. The summed E-state index contributed by atoms with van der Waals surface area (Å²) in [7, 11) is 0. The van der Waals surface area contributed by atoms with Crippen LogP contribution in [0.2, 0.25) is 0 Å². The van der Waals surface area contributed by atoms with Crippen molar-refractivity contribution in [2.75, 3.05) is 6.54 Å². The fourth-order valence-corrected chi connectivity index (χ4v) is 1.64. The summed E-state index contributed by atoms with van der Waals surface area (Å²) in [6.07, 6.45) is 8.09. The fraction of sp³-hybridized carbons (Fsp3) is 0.214. The molecule has 3 heteroatoms. The Hall–Kier alpha value is -2.21. The molecule has 2 rings (SSSR count). The van der Waals surface area contributed by atoms with E-state index in [9.17, 15) is 4.79 Å². The molecule has 0 radical (unpaired) electrons. The van der Waals surface area contributed by atoms with Crippen LogP contribution in [0.25, 0.3) is 11.0 Å². The zero-order chi connectivity index (χ0) is 12.1. The number of para-hydroxylation sites is 1. The Labute approximate surface area is 99.8 Å². The third kappa shape index (κ3) is 2.48. The number of amides is 1. The van der Waals surface area contributed by atoms with Crippen molar-refractivity contribution in [2.24, 2.45) is 0 Å². The van der Waals surface area contributed by atoms with Crippen molar-refractivity contribution >= 4 is 16.9 Å². The van der Waals surface area contributed by atoms with Crippen molar-refractivity contribution in [3.05, 3.63) is 36.1 Å². The number of benzene rings is 1. The molecule has 0 bridgehead atoms. The van der Waals surface area contributed by atoms with E-state index in [-0.39, 0.29) is 5.91 Å². The SMILES string of the molecule is C#CCCCNC(=O)c1coc2ccccc12. The molecule has 0 fully saturated rings. The lowest BCUT2D eigenvalue weighted by Crippen LogP contribution is -2.24. The highest BCUT2D eigenvalue weighted by atomic mass is 16.3. The third-order valence-corrected chi connectivity index (χ3v) is 2.51. The molecule has 17 heavy (non-hydrogen) atoms. The van der Waals surface area contributed by atoms with Crippen LogP contribution < -0.4 is 5.32 Å². The highest BCUT2D eigenvalue weighted by Gasteiger charge is 2.12. The second kappa shape index (κ2) is 5.22. The molecule has 0 unspecified atom stereocenters. The van der Waals surface area contributed by atoms with Gasteiger partial charge in [0.15, 0.2) is 0 Å². The number of carbonyl (C=O) groups excluding carboxylic acids is 1. The minimum Gasteiger partial charge on any atom is -0.463 e. The van der Waals surface area contributed by atoms with E-state index < -0.39 is 0 Å². The molecular weight excluding hydrogens is 214 g/mol. The number of carbonyl (C=O) groups is 1. The zero-order valence-electron chi connectivity index (χ0n) is 9.40. The molecule has 1 aromatic carbocycles. The number of rotatable bonds is 4. The lowest BCUT2D eigenvalue weighted by molar-refractivity contribution is 0.0954. The number of fused-ring (bicyclic) bond motifs is 1. The molecular formula is C14H13NO2. The lowest BCUT2D eigenvalue weighted by atomic mass is 10.1. The molecule has 0 saturated heterocycles. The summed E-state index contributed by atoms with van der Waals surface area (Å²) in [4.78, 5) is 11.9. The number of terminal acetylenes is 1. The number of hydrogen-bond acceptors (Lipinski definition) is 2. The number of unbranched alkanes of at least 4 members (excludes halogenated alkanes) is 1. The average Bonchev–Trinajstić information content (AvgIpc) is 2.78. The molecule has 0 spiro atoms. The van der Waals surface area contributed by atoms with Gasteiger partial charge in [-0.2, -0.15) is 0 Å². The molecule has 1 heterocycles. The van der Waals surface area contributed by atoms with Gasteiger partial charge in [-0.3, -0.25) is 4.79 Å². The minimum absolute atomic E-state index is 0.119. The fourth-order valence-electron chi connectivity index (χ4n) is 1.64. The predicted molar refractivity (Wildman–Crippen MR) is 66.6 cm³/mol. The molecule has 1 N–H and O–H groups in total. The van der Waals surface area contributed by atoms with Crippen molar-refractivity contribution < 1.29 is 9.21 Å². The van der Waals surface area contributed by atoms with Crippen LogP contribution in [0.4, 0.5) is 0 Å². The average molecular weight is 227 g/mol. The van der Waals surface area contributed by atoms with Gasteiger partial charge in [-0.1, -0.05) is 18.2 Å². The van der Waals surface area contributed by atoms with E-state index in [2.05, 4.69) is 11.2 Å². The van der Waals surface area contributed by atoms with Gasteiger partial charge in [0.25, 0.3) is 5.91 Å². The van der Waals surface area contributed by atoms with E-state index in [1.165, 1.54) is 6.26 Å². The van der Waals surface area contributed by atoms with Crippen molar-refractivity contribution in [1.29, 1.82) is 0 Å². The van der Waals surface area contributed by atoms with E-state index in [1.807, 2.05) is 24.3 Å². The van der Waals surface area contributed by atoms with Gasteiger partial charge in [0.1, 0.15) is 11.8 Å². The van der Waals surface area contributed by atoms with Crippen LogP contribution >= 0.6 is 0 Å². The maximum absolute atomic E-state index is 11.9. The minimum atomic E-state index is -0.119. The molecule has 0 aliphatic rings. The van der Waals surface area contributed by atoms with Crippen LogP contribution in [0.3, 0.4) is 0 Å². The van der Waals surface area contributed by atoms with Crippen LogP contribution in [0, 0.1) is 12.3 Å². The first-order chi connectivity index (χ1) is 8.33. The summed E-state index contributed by atoms with van der Waals surface area (Å²) >= 11 is 0. The predicted octanol–water partition coefficient (Wildman–Crippen LogP) is 2.58. The summed E-state index contributed by atoms with van der Waals surface area (Å²) < 4.78 is 5.30. The normalized spacial score (nSPS) is 10.1. The number of nitrogens with one attached hydrogen (secondary N) is 1. The van der Waals surface area contributed by atoms with Gasteiger partial charge >= 0.3 is 0 Å². The van der Waals surface area contributed by atoms with Crippen LogP contribution in [0.1, 0.15) is 23.2 Å². The first-order valence-corrected chi connectivity index (χ1v) is 5.51. The standard InChI is InChI=1S/C14H13NO2/c1-2-3-6-9-15-14(16)12-10-17-13-8-5-4-7-11(12)13/h1,4-5,7-8,10H,3,6,9H2,(H,15,16). The van der Waals surface area contributed by atoms with Gasteiger partial charge in [-0.05, 0) is 12.5 Å². The third-order valence-electron chi connectivity index (χ3n) is 2.51. The highest BCUT2D eigenvalue weighted by molar-refractivity contribution is 6.05. The number of furan rings is 1. The molecule has 0 atom stereocenters. The Morgan fingerprint density at radius 1 is 1.41 bits per heavy atom. The largest absolute Gasteiger partial charge is 0.463 e. The van der Waals surface area contributed by atoms with Crippen LogP contribution in [-0.2, 0) is 0 Å². The van der Waals surface area contributed by atoms with Crippen molar-refractivity contribution in [1.82, 2.24) is 5.32 Å². The van der Waals surface area contributed by atoms with Gasteiger partial charge in [0.2, 0.25) is 0 Å². The molecule has 0 aliphatic carbocycles. The molecule has 0 aliphatic heterocycles. The molecule has 86 valence electrons. The molecule has 0 saturated carbocycles. The van der Waals surface area contributed by atoms with Crippen molar-refractivity contribution in [3.63, 3.8) is 0 Å². The van der Waals surface area contributed by atoms with E-state index in [0.717, 1.165) is 17.4 Å². The Morgan fingerprint density at radius 3 is 3.06 bits per heavy atom. The lowest BCUT2D eigenvalue weighted by Gasteiger charge is -2.01. The summed E-state index contributed by atoms with van der Waals surface area (Å²) in [5, 5.41) is 3.65. The maximum Gasteiger partial charge on any atom is 0.255 e. The molecule has 3 nitrogen and oxygen atoms in total. The van der Waals surface area contributed by atoms with Gasteiger partial charge in [-0.15, -0.1) is 12.3 Å². The topological polar surface area (TPSA) is 42.2 Å². The summed E-state index contributed by atoms with van der Waals surface area (Å²) in [5.41, 5.74) is 1.29. The van der Waals surface area contributed by atoms with Crippen molar-refractivity contribution in [3.8, 4) is 12.3 Å². The first kappa shape index (κ1) is 11.3. The first-order valence-electron chi connectivity index (χ1n) is 5.51. The Balaban J connectivity index is 2.07. The molecule has 2 aromatic rings. The van der Waals surface area contributed by atoms with Gasteiger partial charge in [0, 0.05) is 18.4 Å². The summed E-state index contributed by atoms with van der Waals surface area (Å²) in [6, 6.07) is 7.47. The molecule has 1 amide bonds. The van der Waals surface area contributed by atoms with Crippen LogP contribution in [0.5, 0.6) is 0 Å². The van der Waals surface area contributed by atoms with Gasteiger partial charge in [-0.25, -0.2) is 0 Å². The summed E-state index contributed by atoms with van der Waals surface area (Å²) in [5.74, 6) is 2.42. The van der Waals surface area contributed by atoms with Crippen LogP contribution in [0.15, 0.2) is 34.9 Å². The quantitative estimate of drug-likeness (QED) is 0.644. The Bertz CT molecular complexity index is 563. The Morgan fingerprint density at radius 2 is 2.24 bits per heavy atom. The smallest absolute Gasteiger partial charge is 0.255 e. The van der Waals surface area contributed by atoms with Crippen LogP contribution in [-0.4, -0.2) is 12.5 Å². The monoisotopic (exact) mass is 227 g/mol. The van der Waals surface area contributed by atoms with Gasteiger partial charge in [0.05, 0.1) is 5.56 Å². The van der Waals surface area contributed by atoms with Crippen molar-refractivity contribution in [2.45, 2.75) is 12.8 Å².